The highest BCUT2D eigenvalue weighted by atomic mass is 16.5. The van der Waals surface area contributed by atoms with Crippen LogP contribution in [0.5, 0.6) is 17.2 Å². The maximum absolute atomic E-state index is 12.8. The van der Waals surface area contributed by atoms with Crippen molar-refractivity contribution in [3.63, 3.8) is 0 Å². The molecule has 3 aromatic heterocycles. The second-order valence-electron chi connectivity index (χ2n) is 18.6. The van der Waals surface area contributed by atoms with Crippen molar-refractivity contribution in [3.8, 4) is 39.6 Å². The molecule has 0 bridgehead atoms. The van der Waals surface area contributed by atoms with Gasteiger partial charge in [-0.05, 0) is 115 Å². The smallest absolute Gasteiger partial charge is 0.292 e. The van der Waals surface area contributed by atoms with Gasteiger partial charge in [0.15, 0.2) is 11.5 Å². The minimum Gasteiger partial charge on any atom is -0.493 e. The van der Waals surface area contributed by atoms with E-state index in [9.17, 15) is 14.4 Å². The molecule has 5 heterocycles. The van der Waals surface area contributed by atoms with Crippen LogP contribution in [0.1, 0.15) is 103 Å². The van der Waals surface area contributed by atoms with Crippen LogP contribution >= 0.6 is 0 Å². The summed E-state index contributed by atoms with van der Waals surface area (Å²) in [7, 11) is 1.66. The summed E-state index contributed by atoms with van der Waals surface area (Å²) in [6.45, 7) is 11.6. The fourth-order valence-corrected chi connectivity index (χ4v) is 8.93. The van der Waals surface area contributed by atoms with E-state index in [2.05, 4.69) is 84.3 Å². The average Bonchev–Trinajstić information content (AvgIpc) is 4.03. The van der Waals surface area contributed by atoms with Crippen LogP contribution in [-0.2, 0) is 28.1 Å². The van der Waals surface area contributed by atoms with Gasteiger partial charge in [0, 0.05) is 42.2 Å². The van der Waals surface area contributed by atoms with Crippen LogP contribution in [0.15, 0.2) is 108 Å². The summed E-state index contributed by atoms with van der Waals surface area (Å²) < 4.78 is 25.2. The topological polar surface area (TPSA) is 175 Å². The van der Waals surface area contributed by atoms with E-state index in [0.717, 1.165) is 88.4 Å². The molecule has 15 nitrogen and oxygen atoms in total. The zero-order valence-electron chi connectivity index (χ0n) is 39.1. The molecule has 0 radical (unpaired) electrons. The quantitative estimate of drug-likeness (QED) is 0.0744. The van der Waals surface area contributed by atoms with E-state index in [1.54, 1.807) is 13.4 Å². The Morgan fingerprint density at radius 1 is 0.868 bits per heavy atom. The number of likely N-dealkylation sites (tertiary alicyclic amines) is 1. The van der Waals surface area contributed by atoms with Gasteiger partial charge in [0.25, 0.3) is 11.7 Å². The Balaban J connectivity index is 0.756. The van der Waals surface area contributed by atoms with Crippen molar-refractivity contribution < 1.29 is 33.1 Å². The summed E-state index contributed by atoms with van der Waals surface area (Å²) in [6, 6.07) is 30.6. The first-order valence-corrected chi connectivity index (χ1v) is 23.1. The Labute approximate surface area is 395 Å². The molecule has 350 valence electrons. The molecular formula is C53H56N8O7. The highest BCUT2D eigenvalue weighted by molar-refractivity contribution is 6.01. The predicted molar refractivity (Wildman–Crippen MR) is 256 cm³/mol. The zero-order valence-corrected chi connectivity index (χ0v) is 39.1. The Hall–Kier alpha value is -7.39. The molecule has 0 spiro atoms. The molecule has 2 saturated heterocycles. The number of fused-ring (bicyclic) bond motifs is 1. The third-order valence-corrected chi connectivity index (χ3v) is 12.8. The molecule has 4 aromatic carbocycles. The molecule has 15 heteroatoms. The lowest BCUT2D eigenvalue weighted by Gasteiger charge is -2.32. The minimum absolute atomic E-state index is 0.0122. The molecule has 2 N–H and O–H groups in total. The summed E-state index contributed by atoms with van der Waals surface area (Å²) in [5.41, 5.74) is 9.54. The van der Waals surface area contributed by atoms with Crippen molar-refractivity contribution in [1.29, 1.82) is 0 Å². The molecule has 2 fully saturated rings. The molecular weight excluding hydrogens is 861 g/mol. The molecule has 68 heavy (non-hydrogen) atoms. The highest BCUT2D eigenvalue weighted by Gasteiger charge is 2.29. The molecule has 0 saturated carbocycles. The van der Waals surface area contributed by atoms with Gasteiger partial charge >= 0.3 is 0 Å². The van der Waals surface area contributed by atoms with Crippen LogP contribution in [0.25, 0.3) is 27.9 Å². The first-order valence-electron chi connectivity index (χ1n) is 23.1. The summed E-state index contributed by atoms with van der Waals surface area (Å²) in [5.74, 6) is 1.92. The van der Waals surface area contributed by atoms with Crippen LogP contribution in [0.4, 0.5) is 0 Å². The van der Waals surface area contributed by atoms with E-state index in [0.29, 0.717) is 55.9 Å². The van der Waals surface area contributed by atoms with Crippen molar-refractivity contribution >= 4 is 23.2 Å². The fraction of sp³-hybridized carbons (Fsp3) is 0.340. The lowest BCUT2D eigenvalue weighted by atomic mass is 9.86. The SMILES string of the molecule is COc1cc(CN2CCC(c3ccc(C4CCC(=O)NC4=O)cc3)CC2)ccc1OCCOc1cccc(-c2cc3c(-c4ccc(CNC(=O)c5noc(C(C)(C)C)n5)c(C)c4)ncnn3c2)c1. The Kier molecular flexibility index (Phi) is 13.3. The number of methoxy groups -OCH3 is 1. The average molecular weight is 917 g/mol. The van der Waals surface area contributed by atoms with Crippen LogP contribution in [0, 0.1) is 6.92 Å². The van der Waals surface area contributed by atoms with E-state index in [-0.39, 0.29) is 29.0 Å². The number of ether oxygens (including phenoxy) is 3. The number of benzene rings is 4. The van der Waals surface area contributed by atoms with Crippen LogP contribution in [0.3, 0.4) is 0 Å². The third-order valence-electron chi connectivity index (χ3n) is 12.8. The Morgan fingerprint density at radius 2 is 1.66 bits per heavy atom. The summed E-state index contributed by atoms with van der Waals surface area (Å²) in [5, 5.41) is 13.7. The number of piperidine rings is 2. The lowest BCUT2D eigenvalue weighted by Crippen LogP contribution is -2.39. The van der Waals surface area contributed by atoms with Crippen LogP contribution in [-0.4, -0.2) is 80.8 Å². The van der Waals surface area contributed by atoms with Gasteiger partial charge in [0.1, 0.15) is 25.3 Å². The summed E-state index contributed by atoms with van der Waals surface area (Å²) in [6.07, 6.45) is 6.60. The molecule has 2 aliphatic heterocycles. The second kappa shape index (κ2) is 19.8. The largest absolute Gasteiger partial charge is 0.493 e. The highest BCUT2D eigenvalue weighted by Crippen LogP contribution is 2.34. The van der Waals surface area contributed by atoms with Gasteiger partial charge in [-0.25, -0.2) is 9.50 Å². The number of rotatable bonds is 15. The summed E-state index contributed by atoms with van der Waals surface area (Å²) >= 11 is 0. The number of amides is 3. The van der Waals surface area contributed by atoms with Gasteiger partial charge in [-0.2, -0.15) is 10.1 Å². The zero-order chi connectivity index (χ0) is 47.4. The monoisotopic (exact) mass is 916 g/mol. The number of carbonyl (C=O) groups excluding carboxylic acids is 3. The van der Waals surface area contributed by atoms with E-state index in [4.69, 9.17) is 18.7 Å². The number of aryl methyl sites for hydroxylation is 1. The second-order valence-corrected chi connectivity index (χ2v) is 18.6. The van der Waals surface area contributed by atoms with Gasteiger partial charge in [-0.15, -0.1) is 0 Å². The lowest BCUT2D eigenvalue weighted by molar-refractivity contribution is -0.134. The molecule has 2 aliphatic rings. The molecule has 1 atom stereocenters. The van der Waals surface area contributed by atoms with Crippen molar-refractivity contribution in [1.82, 2.24) is 40.3 Å². The molecule has 7 aromatic rings. The maximum atomic E-state index is 12.8. The van der Waals surface area contributed by atoms with Crippen molar-refractivity contribution in [3.05, 3.63) is 143 Å². The minimum atomic E-state index is -0.396. The number of aromatic nitrogens is 5. The van der Waals surface area contributed by atoms with Gasteiger partial charge in [0.05, 0.1) is 24.2 Å². The van der Waals surface area contributed by atoms with Gasteiger partial charge in [-0.1, -0.05) is 80.5 Å². The van der Waals surface area contributed by atoms with Crippen molar-refractivity contribution in [2.75, 3.05) is 33.4 Å². The van der Waals surface area contributed by atoms with Crippen molar-refractivity contribution in [2.24, 2.45) is 0 Å². The summed E-state index contributed by atoms with van der Waals surface area (Å²) in [4.78, 5) is 48.1. The van der Waals surface area contributed by atoms with Crippen LogP contribution < -0.4 is 24.8 Å². The van der Waals surface area contributed by atoms with Crippen LogP contribution in [0.2, 0.25) is 0 Å². The maximum Gasteiger partial charge on any atom is 0.292 e. The standard InChI is InChI=1S/C53H56N8O7/c1-33-25-39(14-15-40(33)29-54-51(64)49-58-52(68-59-49)53(2,3)4)48-44-28-41(31-61(44)56-32-55-48)38-7-6-8-42(27-38)66-23-24-67-45-17-9-34(26-46(45)65-5)30-60-21-19-36(20-22-60)35-10-12-37(13-11-35)43-16-18-47(62)57-50(43)63/h6-15,17,25-28,31-32,36,43H,16,18-24,29-30H2,1-5H3,(H,54,64)(H,57,62,63). The van der Waals surface area contributed by atoms with Gasteiger partial charge < -0.3 is 24.1 Å². The fourth-order valence-electron chi connectivity index (χ4n) is 8.93. The number of nitrogens with one attached hydrogen (secondary N) is 2. The predicted octanol–water partition coefficient (Wildman–Crippen LogP) is 8.35. The number of nitrogens with zero attached hydrogens (tertiary/aromatic N) is 6. The normalized spacial score (nSPS) is 15.9. The molecule has 9 rings (SSSR count). The number of hydrogen-bond donors (Lipinski definition) is 2. The molecule has 1 unspecified atom stereocenters. The van der Waals surface area contributed by atoms with E-state index < -0.39 is 5.91 Å². The number of hydrogen-bond acceptors (Lipinski definition) is 12. The van der Waals surface area contributed by atoms with E-state index in [1.807, 2.05) is 80.9 Å². The third kappa shape index (κ3) is 10.4. The number of carbonyl (C=O) groups is 3. The molecule has 0 aliphatic carbocycles. The Bertz CT molecular complexity index is 2950. The number of imide groups is 1. The van der Waals surface area contributed by atoms with E-state index in [1.165, 1.54) is 5.56 Å². The first kappa shape index (κ1) is 45.8. The van der Waals surface area contributed by atoms with Gasteiger partial charge in [0.2, 0.25) is 17.7 Å². The first-order chi connectivity index (χ1) is 32.9. The van der Waals surface area contributed by atoms with Gasteiger partial charge in [-0.3, -0.25) is 24.6 Å². The Morgan fingerprint density at radius 3 is 2.41 bits per heavy atom. The van der Waals surface area contributed by atoms with E-state index >= 15 is 0 Å². The molecule has 3 amide bonds. The van der Waals surface area contributed by atoms with Crippen molar-refractivity contribution in [2.45, 2.75) is 83.7 Å².